The monoisotopic (exact) mass is 1190 g/mol. The third-order valence-electron chi connectivity index (χ3n) is 15.3. The minimum absolute atomic E-state index is 0.00719. The van der Waals surface area contributed by atoms with Crippen LogP contribution in [0.2, 0.25) is 0 Å². The van der Waals surface area contributed by atoms with Gasteiger partial charge in [-0.3, -0.25) is 43.3 Å². The zero-order valence-corrected chi connectivity index (χ0v) is 46.0. The normalized spacial score (nSPS) is 30.1. The second kappa shape index (κ2) is 26.1. The van der Waals surface area contributed by atoms with Crippen molar-refractivity contribution < 1.29 is 123 Å². The molecule has 2 aromatic carbocycles. The maximum Gasteiger partial charge on any atom is 0.335 e. The molecule has 0 spiro atoms. The van der Waals surface area contributed by atoms with Gasteiger partial charge >= 0.3 is 11.9 Å². The maximum atomic E-state index is 14.4. The van der Waals surface area contributed by atoms with E-state index in [9.17, 15) is 78.9 Å². The first-order valence-electron chi connectivity index (χ1n) is 27.4. The van der Waals surface area contributed by atoms with Gasteiger partial charge in [0.15, 0.2) is 37.0 Å². The third-order valence-corrected chi connectivity index (χ3v) is 15.3. The number of fused-ring (bicyclic) bond motifs is 6. The van der Waals surface area contributed by atoms with Crippen molar-refractivity contribution in [2.24, 2.45) is 5.92 Å². The van der Waals surface area contributed by atoms with Crippen LogP contribution in [-0.4, -0.2) is 238 Å². The number of aliphatic hydroxyl groups is 4. The molecule has 4 saturated heterocycles. The molecule has 16 atom stereocenters. The largest absolute Gasteiger partial charge is 0.507 e. The SMILES string of the molecule is [3H]C(CC(=O)O)C(=O)NCC(=O)N[C@H](C(=O)N[C@@H](CO[C@@H]1O[C@H](C(=O)O)[C@@H](O)[C@H](O)[C@H]1O)C(=O)NCCNC(=O)[C@]1(O)Cc2c(O)c3c(c(O)c2[C@@H](O[C@@H]2C[C@H]4[C@H](O[C@@H]5[C@@H](OC)OCCN54)[C@H](C)O2)C1)C(=O)c1c(OC)cccc1C3=O)C(C)C. The Kier molecular flexibility index (Phi) is 19.1. The van der Waals surface area contributed by atoms with Crippen LogP contribution in [0.4, 0.5) is 0 Å². The number of morpholine rings is 1. The molecule has 5 amide bonds. The van der Waals surface area contributed by atoms with Crippen molar-refractivity contribution in [1.82, 2.24) is 31.5 Å². The van der Waals surface area contributed by atoms with E-state index in [0.717, 1.165) is 0 Å². The summed E-state index contributed by atoms with van der Waals surface area (Å²) in [4.78, 5) is 121. The fraction of sp³-hybridized carbons (Fsp3) is 0.604. The summed E-state index contributed by atoms with van der Waals surface area (Å²) in [6, 6.07) is 0.555. The Bertz CT molecular complexity index is 2950. The highest BCUT2D eigenvalue weighted by molar-refractivity contribution is 6.31. The van der Waals surface area contributed by atoms with E-state index in [1.165, 1.54) is 46.3 Å². The standard InChI is InChI=1S/C53H68N6O25/c1-20(2)36(58-29(61)18-56-28(60)9-10-30(62)63)47(72)57-24(19-80-50-43(70)41(68)42(69)45(84-50)49(73)74)46(71)54-11-12-55-52(75)53(76)16-23-33(40(67)35-34(38(23)65)37(64)22-7-6-8-26(77-4)32(22)39(35)66)27(17-53)82-31-15-25-44(21(3)81-31)83-48-51(78-5)79-14-13-59(25)48/h6-8,20-21,24-25,27,31,36,41-45,48,50-51,65,67-70,76H,9-19H2,1-5H3,(H,54,71)(H,55,75)(H,56,60)(H,57,72)(H,58,61)(H,62,63)(H,73,74)/t21-,24-,25-,27-,31+,36-,41-,42-,43+,44+,45-,48+,50+,51-,53-/m0/s1/i9T/t9?,21-,24-,25-,27-,31+,36-,41-,42-,43+,44+,45-,48+,50+,51-,53-. The summed E-state index contributed by atoms with van der Waals surface area (Å²) < 4.78 is 54.2. The topological polar surface area (TPSA) is 453 Å². The van der Waals surface area contributed by atoms with Gasteiger partial charge in [-0.05, 0) is 18.9 Å². The number of nitrogens with one attached hydrogen (secondary N) is 5. The zero-order chi connectivity index (χ0) is 62.1. The van der Waals surface area contributed by atoms with Crippen molar-refractivity contribution in [1.29, 1.82) is 0 Å². The minimum atomic E-state index is -2.55. The summed E-state index contributed by atoms with van der Waals surface area (Å²) in [5, 5.41) is 98.1. The molecule has 0 bridgehead atoms. The van der Waals surface area contributed by atoms with Gasteiger partial charge in [0.1, 0.15) is 59.3 Å². The number of aliphatic hydroxyl groups excluding tert-OH is 3. The number of carboxylic acid groups (broad SMARTS) is 2. The Hall–Kier alpha value is -7.01. The highest BCUT2D eigenvalue weighted by atomic mass is 16.7. The number of nitrogens with zero attached hydrogens (tertiary/aromatic N) is 1. The average molecular weight is 1190 g/mol. The van der Waals surface area contributed by atoms with E-state index in [-0.39, 0.29) is 40.5 Å². The van der Waals surface area contributed by atoms with Crippen LogP contribution in [0.5, 0.6) is 17.2 Å². The number of ether oxygens (including phenoxy) is 8. The van der Waals surface area contributed by atoms with Crippen LogP contribution < -0.4 is 31.3 Å². The number of benzene rings is 2. The molecule has 84 heavy (non-hydrogen) atoms. The van der Waals surface area contributed by atoms with Gasteiger partial charge in [0, 0.05) is 76.5 Å². The third kappa shape index (κ3) is 12.8. The first kappa shape index (κ1) is 61.5. The Balaban J connectivity index is 1.01. The number of hydrogen-bond donors (Lipinski definition) is 13. The number of ketones is 2. The van der Waals surface area contributed by atoms with E-state index < -0.39 is 219 Å². The molecule has 4 aliphatic heterocycles. The number of rotatable bonds is 22. The van der Waals surface area contributed by atoms with Crippen molar-refractivity contribution in [3.8, 4) is 17.2 Å². The molecule has 13 N–H and O–H groups in total. The lowest BCUT2D eigenvalue weighted by Crippen LogP contribution is -2.62. The summed E-state index contributed by atoms with van der Waals surface area (Å²) >= 11 is 0. The van der Waals surface area contributed by atoms with Gasteiger partial charge in [0.2, 0.25) is 29.4 Å². The summed E-state index contributed by atoms with van der Waals surface area (Å²) in [6.45, 7) is 2.72. The van der Waals surface area contributed by atoms with Crippen LogP contribution in [0.25, 0.3) is 0 Å². The van der Waals surface area contributed by atoms with Gasteiger partial charge < -0.3 is 105 Å². The first-order valence-corrected chi connectivity index (χ1v) is 26.8. The molecule has 4 fully saturated rings. The molecular formula is C53H68N6O25. The molecule has 6 aliphatic rings. The second-order valence-electron chi connectivity index (χ2n) is 21.2. The number of carbonyl (C=O) groups is 9. The number of hydrogen-bond acceptors (Lipinski definition) is 24. The maximum absolute atomic E-state index is 14.4. The van der Waals surface area contributed by atoms with Gasteiger partial charge in [0.05, 0.1) is 62.2 Å². The van der Waals surface area contributed by atoms with E-state index in [2.05, 4.69) is 26.6 Å². The van der Waals surface area contributed by atoms with E-state index >= 15 is 0 Å². The predicted molar refractivity (Wildman–Crippen MR) is 276 cm³/mol. The van der Waals surface area contributed by atoms with Gasteiger partial charge in [-0.2, -0.15) is 0 Å². The quantitative estimate of drug-likeness (QED) is 0.0336. The smallest absolute Gasteiger partial charge is 0.335 e. The summed E-state index contributed by atoms with van der Waals surface area (Å²) in [5.41, 5.74) is -4.64. The van der Waals surface area contributed by atoms with Crippen LogP contribution in [0.3, 0.4) is 0 Å². The molecule has 8 rings (SSSR count). The van der Waals surface area contributed by atoms with E-state index in [1.54, 1.807) is 6.92 Å². The first-order chi connectivity index (χ1) is 40.2. The van der Waals surface area contributed by atoms with Gasteiger partial charge in [-0.15, -0.1) is 0 Å². The number of carboxylic acids is 2. The summed E-state index contributed by atoms with van der Waals surface area (Å²) in [6.07, 6.45) is -19.6. The van der Waals surface area contributed by atoms with Crippen LogP contribution in [0.15, 0.2) is 18.2 Å². The highest BCUT2D eigenvalue weighted by Gasteiger charge is 2.56. The van der Waals surface area contributed by atoms with Gasteiger partial charge in [-0.1, -0.05) is 26.0 Å². The van der Waals surface area contributed by atoms with Crippen LogP contribution in [-0.2, 0) is 73.1 Å². The van der Waals surface area contributed by atoms with E-state index in [4.69, 9.17) is 44.4 Å². The predicted octanol–water partition coefficient (Wildman–Crippen LogP) is -4.10. The number of aromatic hydroxyl groups is 2. The molecule has 2 aromatic rings. The minimum Gasteiger partial charge on any atom is -0.507 e. The van der Waals surface area contributed by atoms with Crippen molar-refractivity contribution in [2.45, 2.75) is 144 Å². The summed E-state index contributed by atoms with van der Waals surface area (Å²) in [7, 11) is 2.75. The molecule has 0 saturated carbocycles. The molecule has 0 radical (unpaired) electrons. The Morgan fingerprint density at radius 1 is 0.857 bits per heavy atom. The molecule has 2 aliphatic carbocycles. The van der Waals surface area contributed by atoms with E-state index in [1.807, 2.05) is 4.90 Å². The molecule has 460 valence electrons. The number of amides is 5. The summed E-state index contributed by atoms with van der Waals surface area (Å²) in [5.74, 6) is -12.7. The van der Waals surface area contributed by atoms with Crippen molar-refractivity contribution in [3.63, 3.8) is 0 Å². The number of aliphatic carboxylic acids is 2. The molecule has 4 heterocycles. The molecule has 31 heteroatoms. The molecule has 31 nitrogen and oxygen atoms in total. The van der Waals surface area contributed by atoms with Crippen molar-refractivity contribution >= 4 is 53.0 Å². The Morgan fingerprint density at radius 2 is 1.57 bits per heavy atom. The lowest BCUT2D eigenvalue weighted by Gasteiger charge is -2.43. The van der Waals surface area contributed by atoms with Crippen molar-refractivity contribution in [2.75, 3.05) is 53.6 Å². The van der Waals surface area contributed by atoms with E-state index in [0.29, 0.717) is 13.2 Å². The fourth-order valence-corrected chi connectivity index (χ4v) is 11.2. The van der Waals surface area contributed by atoms with Gasteiger partial charge in [-0.25, -0.2) is 4.79 Å². The number of phenols is 2. The number of phenolic OH excluding ortho intramolecular Hbond substituents is 2. The Labute approximate surface area is 479 Å². The fourth-order valence-electron chi connectivity index (χ4n) is 11.2. The second-order valence-corrected chi connectivity index (χ2v) is 21.2. The van der Waals surface area contributed by atoms with Crippen LogP contribution in [0.1, 0.15) is 96.9 Å². The number of carbonyl (C=O) groups excluding carboxylic acids is 7. The molecule has 0 aromatic heterocycles. The number of methoxy groups -OCH3 is 2. The van der Waals surface area contributed by atoms with Gasteiger partial charge in [0.25, 0.3) is 5.91 Å². The van der Waals surface area contributed by atoms with Crippen LogP contribution >= 0.6 is 0 Å². The lowest BCUT2D eigenvalue weighted by atomic mass is 9.72. The Morgan fingerprint density at radius 3 is 2.25 bits per heavy atom. The molecule has 1 unspecified atom stereocenters. The average Bonchev–Trinajstić information content (AvgIpc) is 1.24. The highest BCUT2D eigenvalue weighted by Crippen LogP contribution is 2.53. The molecular weight excluding hydrogens is 1120 g/mol. The lowest BCUT2D eigenvalue weighted by molar-refractivity contribution is -0.294. The zero-order valence-electron chi connectivity index (χ0n) is 47.0. The van der Waals surface area contributed by atoms with Crippen molar-refractivity contribution in [3.05, 3.63) is 51.6 Å². The van der Waals surface area contributed by atoms with Crippen LogP contribution in [0, 0.1) is 5.92 Å².